The lowest BCUT2D eigenvalue weighted by Crippen LogP contribution is -2.41. The molecule has 0 heterocycles. The maximum atomic E-state index is 11.0. The van der Waals surface area contributed by atoms with E-state index in [1.807, 2.05) is 13.8 Å². The van der Waals surface area contributed by atoms with Crippen LogP contribution in [0, 0.1) is 10.8 Å². The maximum absolute atomic E-state index is 11.0. The Labute approximate surface area is 93.3 Å². The van der Waals surface area contributed by atoms with Gasteiger partial charge in [-0.3, -0.25) is 4.79 Å². The molecule has 0 spiro atoms. The van der Waals surface area contributed by atoms with Crippen molar-refractivity contribution in [3.63, 3.8) is 0 Å². The van der Waals surface area contributed by atoms with Gasteiger partial charge >= 0.3 is 11.9 Å². The smallest absolute Gasteiger partial charge is 0.328 e. The highest BCUT2D eigenvalue weighted by atomic mass is 16.5. The minimum absolute atomic E-state index is 0.0668. The molecule has 0 aromatic rings. The van der Waals surface area contributed by atoms with E-state index in [0.29, 0.717) is 0 Å². The van der Waals surface area contributed by atoms with E-state index in [1.54, 1.807) is 0 Å². The van der Waals surface area contributed by atoms with Gasteiger partial charge in [0, 0.05) is 6.54 Å². The van der Waals surface area contributed by atoms with Gasteiger partial charge in [-0.25, -0.2) is 9.80 Å². The summed E-state index contributed by atoms with van der Waals surface area (Å²) in [6.07, 6.45) is -0.399. The molecule has 0 saturated carbocycles. The molecule has 0 unspecified atom stereocenters. The highest BCUT2D eigenvalue weighted by molar-refractivity contribution is 5.81. The Bertz CT molecular complexity index is 267. The van der Waals surface area contributed by atoms with Crippen molar-refractivity contribution in [2.75, 3.05) is 13.7 Å². The highest BCUT2D eigenvalue weighted by Gasteiger charge is 2.29. The molecule has 0 amide bonds. The zero-order valence-electron chi connectivity index (χ0n) is 9.54. The zero-order valence-corrected chi connectivity index (χ0v) is 9.54. The summed E-state index contributed by atoms with van der Waals surface area (Å²) < 4.78 is 4.36. The van der Waals surface area contributed by atoms with Gasteiger partial charge in [-0.05, 0) is 5.92 Å². The first kappa shape index (κ1) is 14.3. The first-order chi connectivity index (χ1) is 7.42. The van der Waals surface area contributed by atoms with E-state index >= 15 is 0 Å². The summed E-state index contributed by atoms with van der Waals surface area (Å²) in [6.45, 7) is 3.81. The van der Waals surface area contributed by atoms with Crippen molar-refractivity contribution in [2.45, 2.75) is 26.3 Å². The molecule has 0 rings (SSSR count). The third-order valence-corrected chi connectivity index (χ3v) is 1.89. The molecule has 0 aliphatic heterocycles. The van der Waals surface area contributed by atoms with E-state index in [0.717, 1.165) is 12.1 Å². The monoisotopic (exact) mass is 232 g/mol. The number of esters is 1. The fourth-order valence-electron chi connectivity index (χ4n) is 1.15. The minimum atomic E-state index is -1.27. The van der Waals surface area contributed by atoms with E-state index in [1.165, 1.54) is 0 Å². The predicted octanol–water partition coefficient (Wildman–Crippen LogP) is 0.642. The Morgan fingerprint density at radius 1 is 1.44 bits per heavy atom. The molecule has 0 aliphatic rings. The number of hydrogen-bond donors (Lipinski definition) is 1. The third-order valence-electron chi connectivity index (χ3n) is 1.89. The molecule has 7 nitrogen and oxygen atoms in total. The maximum Gasteiger partial charge on any atom is 0.328 e. The summed E-state index contributed by atoms with van der Waals surface area (Å²) in [7, 11) is 1.16. The molecule has 7 heteroatoms. The Hall–Kier alpha value is -1.66. The topological polar surface area (TPSA) is 96.3 Å². The number of nitrogens with zero attached hydrogens (tertiary/aromatic N) is 2. The van der Waals surface area contributed by atoms with E-state index in [-0.39, 0.29) is 12.5 Å². The number of methoxy groups -OCH3 is 1. The van der Waals surface area contributed by atoms with Crippen LogP contribution in [0.5, 0.6) is 0 Å². The number of ether oxygens (including phenoxy) is 1. The van der Waals surface area contributed by atoms with E-state index < -0.39 is 24.4 Å². The molecular formula is C9H16N2O5. The van der Waals surface area contributed by atoms with Crippen molar-refractivity contribution in [1.82, 2.24) is 5.01 Å². The lowest BCUT2D eigenvalue weighted by Gasteiger charge is -2.23. The van der Waals surface area contributed by atoms with Crippen LogP contribution in [0.4, 0.5) is 0 Å². The Morgan fingerprint density at radius 2 is 2.00 bits per heavy atom. The van der Waals surface area contributed by atoms with Crippen molar-refractivity contribution in [1.29, 1.82) is 0 Å². The van der Waals surface area contributed by atoms with Gasteiger partial charge in [-0.1, -0.05) is 13.8 Å². The lowest BCUT2D eigenvalue weighted by atomic mass is 10.1. The van der Waals surface area contributed by atoms with E-state index in [9.17, 15) is 14.5 Å². The van der Waals surface area contributed by atoms with Crippen molar-refractivity contribution in [2.24, 2.45) is 11.2 Å². The number of aliphatic carboxylic acids is 1. The molecule has 0 bridgehead atoms. The molecule has 0 radical (unpaired) electrons. The molecule has 1 N–H and O–H groups in total. The van der Waals surface area contributed by atoms with Crippen LogP contribution in [-0.2, 0) is 14.3 Å². The van der Waals surface area contributed by atoms with Gasteiger partial charge in [-0.15, -0.1) is 4.91 Å². The largest absolute Gasteiger partial charge is 0.480 e. The first-order valence-electron chi connectivity index (χ1n) is 4.81. The first-order valence-corrected chi connectivity index (χ1v) is 4.81. The van der Waals surface area contributed by atoms with Gasteiger partial charge in [0.25, 0.3) is 0 Å². The SMILES string of the molecule is COC(=O)C[C@@H](C(=O)O)N(CC(C)C)N=O. The normalized spacial score (nSPS) is 12.0. The number of carboxylic acids is 1. The number of carboxylic acid groups (broad SMARTS) is 1. The molecular weight excluding hydrogens is 216 g/mol. The second-order valence-corrected chi connectivity index (χ2v) is 3.73. The van der Waals surface area contributed by atoms with Crippen LogP contribution in [0.1, 0.15) is 20.3 Å². The molecule has 0 aromatic carbocycles. The molecule has 0 saturated heterocycles. The average Bonchev–Trinajstić information content (AvgIpc) is 2.21. The van der Waals surface area contributed by atoms with Crippen molar-refractivity contribution >= 4 is 11.9 Å². The van der Waals surface area contributed by atoms with Gasteiger partial charge < -0.3 is 9.84 Å². The standard InChI is InChI=1S/C9H16N2O5/c1-6(2)5-11(10-15)7(9(13)14)4-8(12)16-3/h6-7H,4-5H2,1-3H3,(H,13,14)/t7-/m0/s1. The van der Waals surface area contributed by atoms with Gasteiger partial charge in [0.2, 0.25) is 0 Å². The Kier molecular flexibility index (Phi) is 6.06. The molecule has 1 atom stereocenters. The van der Waals surface area contributed by atoms with Gasteiger partial charge in [0.05, 0.1) is 18.8 Å². The number of hydrogen-bond acceptors (Lipinski definition) is 5. The second-order valence-electron chi connectivity index (χ2n) is 3.73. The van der Waals surface area contributed by atoms with Crippen LogP contribution in [0.25, 0.3) is 0 Å². The zero-order chi connectivity index (χ0) is 12.7. The molecule has 0 aliphatic carbocycles. The van der Waals surface area contributed by atoms with E-state index in [4.69, 9.17) is 5.11 Å². The minimum Gasteiger partial charge on any atom is -0.480 e. The van der Waals surface area contributed by atoms with Crippen molar-refractivity contribution in [3.05, 3.63) is 4.91 Å². The molecule has 0 aromatic heterocycles. The lowest BCUT2D eigenvalue weighted by molar-refractivity contribution is -0.151. The highest BCUT2D eigenvalue weighted by Crippen LogP contribution is 2.10. The summed E-state index contributed by atoms with van der Waals surface area (Å²) >= 11 is 0. The fourth-order valence-corrected chi connectivity index (χ4v) is 1.15. The number of nitroso groups, excluding NO2 is 1. The third kappa shape index (κ3) is 4.72. The summed E-state index contributed by atoms with van der Waals surface area (Å²) in [5, 5.41) is 12.4. The number of carbonyl (C=O) groups is 2. The van der Waals surface area contributed by atoms with Gasteiger partial charge in [0.15, 0.2) is 6.04 Å². The molecule has 0 fully saturated rings. The van der Waals surface area contributed by atoms with Crippen molar-refractivity contribution < 1.29 is 19.4 Å². The van der Waals surface area contributed by atoms with E-state index in [2.05, 4.69) is 10.0 Å². The Balaban J connectivity index is 4.65. The summed E-state index contributed by atoms with van der Waals surface area (Å²) in [4.78, 5) is 32.4. The Morgan fingerprint density at radius 3 is 2.31 bits per heavy atom. The van der Waals surface area contributed by atoms with Crippen LogP contribution in [0.3, 0.4) is 0 Å². The molecule has 16 heavy (non-hydrogen) atoms. The van der Waals surface area contributed by atoms with Crippen LogP contribution in [0.15, 0.2) is 5.29 Å². The van der Waals surface area contributed by atoms with Crippen LogP contribution >= 0.6 is 0 Å². The summed E-state index contributed by atoms with van der Waals surface area (Å²) in [5.74, 6) is -1.90. The average molecular weight is 232 g/mol. The second kappa shape index (κ2) is 6.76. The number of carbonyl (C=O) groups excluding carboxylic acids is 1. The van der Waals surface area contributed by atoms with Crippen LogP contribution in [0.2, 0.25) is 0 Å². The summed E-state index contributed by atoms with van der Waals surface area (Å²) in [5.41, 5.74) is 0. The van der Waals surface area contributed by atoms with Crippen molar-refractivity contribution in [3.8, 4) is 0 Å². The van der Waals surface area contributed by atoms with Crippen LogP contribution in [-0.4, -0.2) is 41.8 Å². The quantitative estimate of drug-likeness (QED) is 0.393. The van der Waals surface area contributed by atoms with Gasteiger partial charge in [-0.2, -0.15) is 0 Å². The predicted molar refractivity (Wildman–Crippen MR) is 55.4 cm³/mol. The number of rotatable bonds is 7. The van der Waals surface area contributed by atoms with Crippen LogP contribution < -0.4 is 0 Å². The van der Waals surface area contributed by atoms with Gasteiger partial charge in [0.1, 0.15) is 0 Å². The molecule has 92 valence electrons. The summed E-state index contributed by atoms with van der Waals surface area (Å²) in [6, 6.07) is -1.27. The fraction of sp³-hybridized carbons (Fsp3) is 0.778.